The molecule has 2 aliphatic heterocycles. The van der Waals surface area contributed by atoms with Gasteiger partial charge in [0, 0.05) is 13.1 Å². The summed E-state index contributed by atoms with van der Waals surface area (Å²) in [4.78, 5) is 38.9. The third kappa shape index (κ3) is 5.21. The fourth-order valence-corrected chi connectivity index (χ4v) is 7.04. The largest absolute Gasteiger partial charge is 0.370 e. The van der Waals surface area contributed by atoms with Crippen LogP contribution in [0, 0.1) is 12.8 Å². The average Bonchev–Trinajstić information content (AvgIpc) is 3.63. The van der Waals surface area contributed by atoms with Gasteiger partial charge in [-0.1, -0.05) is 30.2 Å². The second kappa shape index (κ2) is 10.5. The van der Waals surface area contributed by atoms with E-state index in [0.717, 1.165) is 17.0 Å². The highest BCUT2D eigenvalue weighted by Gasteiger charge is 2.35. The summed E-state index contributed by atoms with van der Waals surface area (Å²) in [5, 5.41) is 3.79. The number of benzene rings is 1. The smallest absolute Gasteiger partial charge is 0.255 e. The van der Waals surface area contributed by atoms with Crippen LogP contribution in [0.25, 0.3) is 10.4 Å². The number of carbonyl (C=O) groups excluding carboxylic acids is 2. The van der Waals surface area contributed by atoms with Crippen molar-refractivity contribution in [1.29, 1.82) is 0 Å². The molecule has 2 fully saturated rings. The number of rotatable bonds is 9. The second-order valence-corrected chi connectivity index (χ2v) is 13.1. The zero-order chi connectivity index (χ0) is 28.0. The molecule has 0 unspecified atom stereocenters. The van der Waals surface area contributed by atoms with Crippen LogP contribution in [0.15, 0.2) is 35.2 Å². The highest BCUT2D eigenvalue weighted by atomic mass is 32.2. The number of nitrogens with one attached hydrogen (secondary N) is 2. The molecule has 1 aliphatic carbocycles. The number of amides is 2. The summed E-state index contributed by atoms with van der Waals surface area (Å²) in [6, 6.07) is 8.86. The van der Waals surface area contributed by atoms with Crippen molar-refractivity contribution in [3.05, 3.63) is 47.2 Å². The van der Waals surface area contributed by atoms with Crippen molar-refractivity contribution < 1.29 is 22.7 Å². The number of hydrogen-bond donors (Lipinski definition) is 2. The Bertz CT molecular complexity index is 1600. The van der Waals surface area contributed by atoms with Gasteiger partial charge in [-0.25, -0.2) is 23.1 Å². The predicted octanol–water partition coefficient (Wildman–Crippen LogP) is 3.28. The number of aryl methyl sites for hydroxylation is 1. The number of pyridine rings is 1. The molecule has 13 heteroatoms. The lowest BCUT2D eigenvalue weighted by atomic mass is 10.0. The molecule has 3 aliphatic rings. The zero-order valence-electron chi connectivity index (χ0n) is 22.3. The minimum absolute atomic E-state index is 0.00622. The number of ether oxygens (including phenoxy) is 1. The highest BCUT2D eigenvalue weighted by molar-refractivity contribution is 7.89. The van der Waals surface area contributed by atoms with E-state index in [-0.39, 0.29) is 28.9 Å². The van der Waals surface area contributed by atoms with Gasteiger partial charge in [-0.05, 0) is 61.7 Å². The van der Waals surface area contributed by atoms with E-state index in [0.29, 0.717) is 60.1 Å². The van der Waals surface area contributed by atoms with Gasteiger partial charge < -0.3 is 15.0 Å². The van der Waals surface area contributed by atoms with E-state index >= 15 is 0 Å². The molecule has 2 aromatic heterocycles. The second-order valence-electron chi connectivity index (χ2n) is 10.2. The normalized spacial score (nSPS) is 17.4. The lowest BCUT2D eigenvalue weighted by Gasteiger charge is -2.26. The van der Waals surface area contributed by atoms with Crippen molar-refractivity contribution >= 4 is 49.9 Å². The average molecular weight is 583 g/mol. The summed E-state index contributed by atoms with van der Waals surface area (Å²) in [5.41, 5.74) is 2.37. The van der Waals surface area contributed by atoms with Crippen LogP contribution in [0.3, 0.4) is 0 Å². The summed E-state index contributed by atoms with van der Waals surface area (Å²) >= 11 is 1.37. The fraction of sp³-hybridized carbons (Fsp3) is 0.407. The van der Waals surface area contributed by atoms with Crippen LogP contribution in [0.2, 0.25) is 0 Å². The standard InChI is InChI=1S/C27H30N6O5S2/c1-16-25(39-27(29-16)31-21-4-3-5-22(30-21)33-10-11-38-15-23(33)34)18-12-19-14-32(9-8-17-6-7-17)26(35)24(19)20(13-18)40(36,37)28-2/h3-5,12-13,17,28H,6-11,14-15H2,1-2H3,(H,29,30,31). The van der Waals surface area contributed by atoms with Crippen molar-refractivity contribution in [3.63, 3.8) is 0 Å². The Kier molecular flexibility index (Phi) is 7.07. The number of aromatic nitrogens is 2. The molecule has 1 saturated heterocycles. The number of anilines is 3. The number of morpholine rings is 1. The summed E-state index contributed by atoms with van der Waals surface area (Å²) < 4.78 is 33.7. The molecule has 6 rings (SSSR count). The van der Waals surface area contributed by atoms with Crippen LogP contribution in [0.4, 0.5) is 16.8 Å². The number of carbonyl (C=O) groups is 2. The van der Waals surface area contributed by atoms with Crippen LogP contribution in [0.5, 0.6) is 0 Å². The van der Waals surface area contributed by atoms with Crippen LogP contribution >= 0.6 is 11.3 Å². The minimum atomic E-state index is -3.88. The van der Waals surface area contributed by atoms with E-state index in [2.05, 4.69) is 20.0 Å². The number of sulfonamides is 1. The molecule has 2 amide bonds. The number of hydrogen-bond acceptors (Lipinski definition) is 9. The molecule has 210 valence electrons. The third-order valence-corrected chi connectivity index (χ3v) is 9.96. The van der Waals surface area contributed by atoms with Gasteiger partial charge >= 0.3 is 0 Å². The van der Waals surface area contributed by atoms with Crippen molar-refractivity contribution in [2.75, 3.05) is 43.6 Å². The van der Waals surface area contributed by atoms with Gasteiger partial charge in [0.05, 0.1) is 34.2 Å². The molecule has 4 heterocycles. The maximum atomic E-state index is 13.3. The summed E-state index contributed by atoms with van der Waals surface area (Å²) in [7, 11) is -2.53. The molecule has 40 heavy (non-hydrogen) atoms. The lowest BCUT2D eigenvalue weighted by Crippen LogP contribution is -2.42. The van der Waals surface area contributed by atoms with Crippen LogP contribution < -0.4 is 14.9 Å². The first-order valence-electron chi connectivity index (χ1n) is 13.2. The van der Waals surface area contributed by atoms with E-state index in [1.54, 1.807) is 28.0 Å². The molecule has 1 saturated carbocycles. The summed E-state index contributed by atoms with van der Waals surface area (Å²) in [6.07, 6.45) is 3.34. The third-order valence-electron chi connectivity index (χ3n) is 7.40. The highest BCUT2D eigenvalue weighted by Crippen LogP contribution is 2.40. The first-order valence-corrected chi connectivity index (χ1v) is 15.5. The molecule has 0 atom stereocenters. The summed E-state index contributed by atoms with van der Waals surface area (Å²) in [5.74, 6) is 1.36. The molecule has 1 aromatic carbocycles. The maximum absolute atomic E-state index is 13.3. The number of thiazole rings is 1. The summed E-state index contributed by atoms with van der Waals surface area (Å²) in [6.45, 7) is 3.80. The monoisotopic (exact) mass is 582 g/mol. The van der Waals surface area contributed by atoms with Crippen LogP contribution in [-0.4, -0.2) is 68.5 Å². The molecule has 0 bridgehead atoms. The first kappa shape index (κ1) is 26.8. The Hall–Kier alpha value is -3.39. The van der Waals surface area contributed by atoms with Gasteiger partial charge in [-0.15, -0.1) is 0 Å². The quantitative estimate of drug-likeness (QED) is 0.393. The Morgan fingerprint density at radius 3 is 2.75 bits per heavy atom. The van der Waals surface area contributed by atoms with Gasteiger partial charge in [0.2, 0.25) is 10.0 Å². The van der Waals surface area contributed by atoms with Crippen LogP contribution in [-0.2, 0) is 26.1 Å². The predicted molar refractivity (Wildman–Crippen MR) is 151 cm³/mol. The van der Waals surface area contributed by atoms with Crippen molar-refractivity contribution in [3.8, 4) is 10.4 Å². The van der Waals surface area contributed by atoms with Crippen LogP contribution in [0.1, 0.15) is 40.9 Å². The van der Waals surface area contributed by atoms with Crippen molar-refractivity contribution in [2.45, 2.75) is 37.6 Å². The topological polar surface area (TPSA) is 134 Å². The number of fused-ring (bicyclic) bond motifs is 1. The van der Waals surface area contributed by atoms with E-state index < -0.39 is 10.0 Å². The van der Waals surface area contributed by atoms with Crippen molar-refractivity contribution in [1.82, 2.24) is 19.6 Å². The van der Waals surface area contributed by atoms with E-state index in [4.69, 9.17) is 4.74 Å². The molecule has 2 N–H and O–H groups in total. The Balaban J connectivity index is 1.30. The molecule has 3 aromatic rings. The maximum Gasteiger partial charge on any atom is 0.255 e. The lowest BCUT2D eigenvalue weighted by molar-refractivity contribution is -0.125. The van der Waals surface area contributed by atoms with Gasteiger partial charge in [-0.2, -0.15) is 0 Å². The van der Waals surface area contributed by atoms with E-state index in [9.17, 15) is 18.0 Å². The van der Waals surface area contributed by atoms with Gasteiger partial charge in [0.25, 0.3) is 11.8 Å². The Morgan fingerprint density at radius 2 is 2.00 bits per heavy atom. The fourth-order valence-electron chi connectivity index (χ4n) is 5.09. The molecular weight excluding hydrogens is 552 g/mol. The van der Waals surface area contributed by atoms with E-state index in [1.807, 2.05) is 19.1 Å². The molecule has 0 spiro atoms. The van der Waals surface area contributed by atoms with Gasteiger partial charge in [0.1, 0.15) is 18.2 Å². The SMILES string of the molecule is CNS(=O)(=O)c1cc(-c2sc(Nc3cccc(N4CCOCC4=O)n3)nc2C)cc2c1C(=O)N(CCC1CC1)C2. The first-order chi connectivity index (χ1) is 19.2. The molecular formula is C27H30N6O5S2. The Labute approximate surface area is 236 Å². The Morgan fingerprint density at radius 1 is 1.18 bits per heavy atom. The van der Waals surface area contributed by atoms with E-state index in [1.165, 1.54) is 31.2 Å². The van der Waals surface area contributed by atoms with Gasteiger partial charge in [-0.3, -0.25) is 14.5 Å². The zero-order valence-corrected chi connectivity index (χ0v) is 23.9. The number of nitrogens with zero attached hydrogens (tertiary/aromatic N) is 4. The van der Waals surface area contributed by atoms with Gasteiger partial charge in [0.15, 0.2) is 5.13 Å². The van der Waals surface area contributed by atoms with Crippen molar-refractivity contribution in [2.24, 2.45) is 5.92 Å². The molecule has 0 radical (unpaired) electrons. The minimum Gasteiger partial charge on any atom is -0.370 e. The molecule has 11 nitrogen and oxygen atoms in total.